The molecule has 0 spiro atoms. The van der Waals surface area contributed by atoms with Crippen LogP contribution < -0.4 is 10.6 Å². The summed E-state index contributed by atoms with van der Waals surface area (Å²) >= 11 is 2.75. The molecule has 188 valence electrons. The van der Waals surface area contributed by atoms with Crippen LogP contribution in [0.5, 0.6) is 0 Å². The van der Waals surface area contributed by atoms with Crippen LogP contribution in [0.4, 0.5) is 10.3 Å². The monoisotopic (exact) mass is 532 g/mol. The highest BCUT2D eigenvalue weighted by Gasteiger charge is 2.41. The molecule has 0 radical (unpaired) electrons. The summed E-state index contributed by atoms with van der Waals surface area (Å²) in [5.41, 5.74) is 1.39. The Labute approximate surface area is 221 Å². The zero-order valence-corrected chi connectivity index (χ0v) is 21.4. The number of nitrogens with zero attached hydrogens (tertiary/aromatic N) is 6. The molecule has 0 saturated heterocycles. The maximum absolute atomic E-state index is 12.4. The molecule has 1 unspecified atom stereocenters. The predicted octanol–water partition coefficient (Wildman–Crippen LogP) is 4.01. The number of nitrogens with one attached hydrogen (secondary N) is 2. The average Bonchev–Trinajstić information content (AvgIpc) is 3.52. The van der Waals surface area contributed by atoms with Crippen LogP contribution in [0.25, 0.3) is 0 Å². The first-order valence-electron chi connectivity index (χ1n) is 11.8. The fourth-order valence-corrected chi connectivity index (χ4v) is 6.14. The van der Waals surface area contributed by atoms with Gasteiger partial charge in [0.1, 0.15) is 10.0 Å². The zero-order valence-electron chi connectivity index (χ0n) is 19.8. The molecule has 4 aromatic rings. The van der Waals surface area contributed by atoms with Crippen molar-refractivity contribution < 1.29 is 9.59 Å². The van der Waals surface area contributed by atoms with Gasteiger partial charge in [0.25, 0.3) is 0 Å². The third kappa shape index (κ3) is 6.09. The van der Waals surface area contributed by atoms with Gasteiger partial charge in [0.15, 0.2) is 0 Å². The van der Waals surface area contributed by atoms with E-state index in [9.17, 15) is 9.59 Å². The molecule has 2 amide bonds. The first-order chi connectivity index (χ1) is 18.1. The van der Waals surface area contributed by atoms with Crippen molar-refractivity contribution in [2.24, 2.45) is 5.92 Å². The van der Waals surface area contributed by atoms with Gasteiger partial charge in [-0.15, -0.1) is 27.0 Å². The number of pyridine rings is 2. The molecule has 2 N–H and O–H groups in total. The number of carbonyl (C=O) groups is 2. The summed E-state index contributed by atoms with van der Waals surface area (Å²) in [4.78, 5) is 33.1. The summed E-state index contributed by atoms with van der Waals surface area (Å²) in [5.74, 6) is 0.0379. The van der Waals surface area contributed by atoms with Crippen LogP contribution >= 0.6 is 22.7 Å². The van der Waals surface area contributed by atoms with E-state index in [1.807, 2.05) is 36.4 Å². The third-order valence-corrected chi connectivity index (χ3v) is 8.07. The molecule has 5 rings (SSSR count). The zero-order chi connectivity index (χ0) is 25.6. The minimum absolute atomic E-state index is 0.0243. The van der Waals surface area contributed by atoms with E-state index in [0.29, 0.717) is 21.7 Å². The highest BCUT2D eigenvalue weighted by Crippen LogP contribution is 2.51. The molecule has 0 aliphatic heterocycles. The van der Waals surface area contributed by atoms with Crippen LogP contribution in [0.2, 0.25) is 0 Å². The number of hydrogen-bond acceptors (Lipinski definition) is 10. The Morgan fingerprint density at radius 2 is 1.51 bits per heavy atom. The number of amides is 2. The van der Waals surface area contributed by atoms with Crippen molar-refractivity contribution in [3.8, 4) is 0 Å². The van der Waals surface area contributed by atoms with Crippen LogP contribution in [0.1, 0.15) is 46.1 Å². The second-order valence-electron chi connectivity index (χ2n) is 8.59. The molecule has 12 heteroatoms. The van der Waals surface area contributed by atoms with Gasteiger partial charge in [-0.2, -0.15) is 0 Å². The summed E-state index contributed by atoms with van der Waals surface area (Å²) in [5, 5.41) is 25.3. The molecule has 1 fully saturated rings. The molecule has 1 aliphatic rings. The summed E-state index contributed by atoms with van der Waals surface area (Å²) in [6, 6.07) is 10.9. The fraction of sp³-hybridized carbons (Fsp3) is 0.280. The normalized spacial score (nSPS) is 17.4. The van der Waals surface area contributed by atoms with Gasteiger partial charge in [-0.05, 0) is 43.0 Å². The lowest BCUT2D eigenvalue weighted by atomic mass is 9.67. The number of hydrogen-bond donors (Lipinski definition) is 2. The van der Waals surface area contributed by atoms with Gasteiger partial charge in [-0.25, -0.2) is 0 Å². The van der Waals surface area contributed by atoms with Gasteiger partial charge >= 0.3 is 0 Å². The van der Waals surface area contributed by atoms with Crippen molar-refractivity contribution in [2.75, 3.05) is 10.6 Å². The molecule has 3 atom stereocenters. The van der Waals surface area contributed by atoms with E-state index < -0.39 is 0 Å². The van der Waals surface area contributed by atoms with E-state index >= 15 is 0 Å². The van der Waals surface area contributed by atoms with Gasteiger partial charge in [0, 0.05) is 35.6 Å². The van der Waals surface area contributed by atoms with E-state index in [1.54, 1.807) is 18.5 Å². The Balaban J connectivity index is 1.19. The van der Waals surface area contributed by atoms with Gasteiger partial charge in [-0.1, -0.05) is 40.9 Å². The average molecular weight is 533 g/mol. The van der Waals surface area contributed by atoms with Crippen molar-refractivity contribution in [1.29, 1.82) is 0 Å². The van der Waals surface area contributed by atoms with Crippen molar-refractivity contribution in [3.63, 3.8) is 0 Å². The fourth-order valence-electron chi connectivity index (χ4n) is 4.24. The first kappa shape index (κ1) is 24.8. The Morgan fingerprint density at radius 3 is 2.05 bits per heavy atom. The first-order valence-corrected chi connectivity index (χ1v) is 13.4. The lowest BCUT2D eigenvalue weighted by Gasteiger charge is -2.38. The van der Waals surface area contributed by atoms with Gasteiger partial charge in [0.2, 0.25) is 22.1 Å². The van der Waals surface area contributed by atoms with E-state index in [1.165, 1.54) is 22.7 Å². The Kier molecular flexibility index (Phi) is 7.66. The third-order valence-electron chi connectivity index (χ3n) is 6.15. The molecule has 37 heavy (non-hydrogen) atoms. The maximum Gasteiger partial charge on any atom is 0.232 e. The largest absolute Gasteiger partial charge is 0.300 e. The summed E-state index contributed by atoms with van der Waals surface area (Å²) < 4.78 is 0. The van der Waals surface area contributed by atoms with Crippen LogP contribution in [0.3, 0.4) is 0 Å². The standard InChI is InChI=1S/C25H24N8O2S2/c1-2-17(22-30-32-24(36-22)28-20(34)13-15-7-3-5-11-26-15)18-9-10-19(18)23-31-33-25(37-23)29-21(35)14-16-8-4-6-12-27-16/h2-8,11-12,17-19H,1,9-10,13-14H2,(H,28,32,34)(H,29,33,35)/t17-,18?,19+/m1/s1. The lowest BCUT2D eigenvalue weighted by molar-refractivity contribution is -0.116. The van der Waals surface area contributed by atoms with Crippen LogP contribution in [0.15, 0.2) is 61.4 Å². The minimum Gasteiger partial charge on any atom is -0.300 e. The van der Waals surface area contributed by atoms with E-state index in [-0.39, 0.29) is 42.4 Å². The SMILES string of the molecule is C=C[C@@H](c1nnc(NC(=O)Cc2ccccn2)s1)C1CC[C@@H]1c1nnc(NC(=O)Cc2ccccn2)s1. The van der Waals surface area contributed by atoms with E-state index in [2.05, 4.69) is 47.6 Å². The highest BCUT2D eigenvalue weighted by molar-refractivity contribution is 7.15. The maximum atomic E-state index is 12.4. The van der Waals surface area contributed by atoms with Gasteiger partial charge in [-0.3, -0.25) is 19.6 Å². The Hall–Kier alpha value is -3.90. The molecule has 4 aromatic heterocycles. The van der Waals surface area contributed by atoms with Crippen LogP contribution in [-0.2, 0) is 22.4 Å². The number of rotatable bonds is 10. The molecule has 0 aromatic carbocycles. The molecular formula is C25H24N8O2S2. The Morgan fingerprint density at radius 1 is 0.892 bits per heavy atom. The quantitative estimate of drug-likeness (QED) is 0.293. The molecule has 10 nitrogen and oxygen atoms in total. The summed E-state index contributed by atoms with van der Waals surface area (Å²) in [7, 11) is 0. The van der Waals surface area contributed by atoms with Crippen molar-refractivity contribution >= 4 is 44.8 Å². The van der Waals surface area contributed by atoms with Gasteiger partial charge in [0.05, 0.1) is 12.8 Å². The van der Waals surface area contributed by atoms with Crippen molar-refractivity contribution in [2.45, 2.75) is 37.5 Å². The number of allylic oxidation sites excluding steroid dienone is 1. The van der Waals surface area contributed by atoms with Crippen molar-refractivity contribution in [1.82, 2.24) is 30.4 Å². The van der Waals surface area contributed by atoms with E-state index in [0.717, 1.165) is 22.9 Å². The van der Waals surface area contributed by atoms with E-state index in [4.69, 9.17) is 0 Å². The Bertz CT molecular complexity index is 1380. The second kappa shape index (κ2) is 11.4. The molecule has 1 aliphatic carbocycles. The van der Waals surface area contributed by atoms with Gasteiger partial charge < -0.3 is 10.6 Å². The minimum atomic E-state index is -0.190. The van der Waals surface area contributed by atoms with Crippen LogP contribution in [-0.4, -0.2) is 42.2 Å². The number of carbonyl (C=O) groups excluding carboxylic acids is 2. The van der Waals surface area contributed by atoms with Crippen LogP contribution in [0, 0.1) is 5.92 Å². The molecule has 0 bridgehead atoms. The lowest BCUT2D eigenvalue weighted by Crippen LogP contribution is -2.28. The molecule has 4 heterocycles. The predicted molar refractivity (Wildman–Crippen MR) is 141 cm³/mol. The topological polar surface area (TPSA) is 136 Å². The molecule has 1 saturated carbocycles. The highest BCUT2D eigenvalue weighted by atomic mass is 32.1. The summed E-state index contributed by atoms with van der Waals surface area (Å²) in [6.07, 6.45) is 7.51. The summed E-state index contributed by atoms with van der Waals surface area (Å²) in [6.45, 7) is 4.03. The number of anilines is 2. The second-order valence-corrected chi connectivity index (χ2v) is 10.6. The number of aromatic nitrogens is 6. The van der Waals surface area contributed by atoms with Crippen molar-refractivity contribution in [3.05, 3.63) is 82.8 Å². The molecular weight excluding hydrogens is 508 g/mol. The smallest absolute Gasteiger partial charge is 0.232 e.